The van der Waals surface area contributed by atoms with Crippen LogP contribution in [-0.4, -0.2) is 48.3 Å². The lowest BCUT2D eigenvalue weighted by atomic mass is 10.0. The maximum absolute atomic E-state index is 12.5. The van der Waals surface area contributed by atoms with Crippen LogP contribution in [0.5, 0.6) is 0 Å². The maximum Gasteiger partial charge on any atom is 0.340 e. The van der Waals surface area contributed by atoms with Crippen LogP contribution in [0.4, 0.5) is 0 Å². The molecule has 2 aromatic heterocycles. The number of ether oxygens (including phenoxy) is 1. The summed E-state index contributed by atoms with van der Waals surface area (Å²) < 4.78 is 6.33. The molecule has 0 aromatic carbocycles. The maximum atomic E-state index is 12.5. The second kappa shape index (κ2) is 5.24. The number of nitrogens with one attached hydrogen (secondary N) is 1. The van der Waals surface area contributed by atoms with Gasteiger partial charge in [-0.2, -0.15) is 0 Å². The Balaban J connectivity index is 2.57. The number of esters is 1. The summed E-state index contributed by atoms with van der Waals surface area (Å²) in [6.07, 6.45) is 1.61. The molecule has 0 bridgehead atoms. The van der Waals surface area contributed by atoms with E-state index in [0.29, 0.717) is 5.52 Å². The van der Waals surface area contributed by atoms with E-state index in [9.17, 15) is 9.59 Å². The number of amides is 1. The van der Waals surface area contributed by atoms with Crippen molar-refractivity contribution in [2.75, 3.05) is 21.3 Å². The summed E-state index contributed by atoms with van der Waals surface area (Å²) in [6, 6.07) is 5.13. The van der Waals surface area contributed by atoms with E-state index in [0.717, 1.165) is 0 Å². The summed E-state index contributed by atoms with van der Waals surface area (Å²) in [5.41, 5.74) is 0.943. The quantitative estimate of drug-likeness (QED) is 0.648. The second-order valence-corrected chi connectivity index (χ2v) is 4.88. The van der Waals surface area contributed by atoms with Crippen molar-refractivity contribution in [2.45, 2.75) is 0 Å². The number of hydrogen-bond donors (Lipinski definition) is 1. The van der Waals surface area contributed by atoms with E-state index < -0.39 is 11.9 Å². The van der Waals surface area contributed by atoms with Gasteiger partial charge in [-0.05, 0) is 12.1 Å². The highest BCUT2D eigenvalue weighted by atomic mass is 16.6. The normalized spacial score (nSPS) is 15.2. The molecule has 0 spiro atoms. The Bertz CT molecular complexity index is 929. The molecule has 1 amide bonds. The highest BCUT2D eigenvalue weighted by Gasteiger charge is 2.39. The Hall–Kier alpha value is -3.16. The number of nitrogens with zero attached hydrogens (tertiary/aromatic N) is 3. The summed E-state index contributed by atoms with van der Waals surface area (Å²) in [7, 11) is 4.12. The largest absolute Gasteiger partial charge is 0.465 e. The van der Waals surface area contributed by atoms with E-state index in [1.165, 1.54) is 30.6 Å². The lowest BCUT2D eigenvalue weighted by Gasteiger charge is -2.12. The molecule has 8 nitrogen and oxygen atoms in total. The SMILES string of the molecule is CO/N=C1/c2c(c(=N)n3ccccc3c2C(=O)OC)C(=O)N1C. The molecule has 8 heteroatoms. The molecule has 0 saturated heterocycles. The zero-order valence-electron chi connectivity index (χ0n) is 12.8. The fourth-order valence-corrected chi connectivity index (χ4v) is 2.70. The number of amidine groups is 1. The molecule has 0 radical (unpaired) electrons. The number of fused-ring (bicyclic) bond motifs is 2. The van der Waals surface area contributed by atoms with Gasteiger partial charge in [0.15, 0.2) is 5.84 Å². The molecule has 1 aliphatic rings. The number of oxime groups is 1. The topological polar surface area (TPSA) is 96.5 Å². The van der Waals surface area contributed by atoms with Gasteiger partial charge in [-0.3, -0.25) is 15.1 Å². The average molecular weight is 314 g/mol. The minimum atomic E-state index is -0.614. The molecule has 1 N–H and O–H groups in total. The summed E-state index contributed by atoms with van der Waals surface area (Å²) in [5.74, 6) is -0.867. The first kappa shape index (κ1) is 14.8. The van der Waals surface area contributed by atoms with Crippen molar-refractivity contribution in [3.05, 3.63) is 46.6 Å². The number of methoxy groups -OCH3 is 1. The van der Waals surface area contributed by atoms with Gasteiger partial charge in [-0.1, -0.05) is 11.2 Å². The smallest absolute Gasteiger partial charge is 0.340 e. The van der Waals surface area contributed by atoms with Crippen LogP contribution in [0, 0.1) is 5.41 Å². The number of pyridine rings is 2. The van der Waals surface area contributed by atoms with E-state index in [4.69, 9.17) is 15.0 Å². The van der Waals surface area contributed by atoms with Gasteiger partial charge in [0.2, 0.25) is 0 Å². The van der Waals surface area contributed by atoms with E-state index in [-0.39, 0.29) is 28.0 Å². The predicted octanol–water partition coefficient (Wildman–Crippen LogP) is 0.599. The minimum Gasteiger partial charge on any atom is -0.465 e. The molecule has 2 aromatic rings. The van der Waals surface area contributed by atoms with Crippen LogP contribution in [0.1, 0.15) is 26.3 Å². The minimum absolute atomic E-state index is 0.0265. The van der Waals surface area contributed by atoms with Gasteiger partial charge >= 0.3 is 5.97 Å². The number of carbonyl (C=O) groups is 2. The van der Waals surface area contributed by atoms with Gasteiger partial charge in [0.1, 0.15) is 12.6 Å². The average Bonchev–Trinajstić information content (AvgIpc) is 2.80. The summed E-state index contributed by atoms with van der Waals surface area (Å²) in [4.78, 5) is 30.9. The highest BCUT2D eigenvalue weighted by molar-refractivity contribution is 6.27. The molecule has 0 atom stereocenters. The third-order valence-electron chi connectivity index (χ3n) is 3.72. The van der Waals surface area contributed by atoms with Crippen molar-refractivity contribution in [1.82, 2.24) is 9.30 Å². The summed E-state index contributed by atoms with van der Waals surface area (Å²) >= 11 is 0. The molecule has 3 rings (SSSR count). The van der Waals surface area contributed by atoms with Crippen molar-refractivity contribution in [1.29, 1.82) is 5.41 Å². The molecule has 23 heavy (non-hydrogen) atoms. The van der Waals surface area contributed by atoms with Crippen molar-refractivity contribution in [3.63, 3.8) is 0 Å². The molecule has 3 heterocycles. The van der Waals surface area contributed by atoms with Crippen LogP contribution in [0.3, 0.4) is 0 Å². The van der Waals surface area contributed by atoms with Crippen molar-refractivity contribution in [2.24, 2.45) is 5.16 Å². The summed E-state index contributed by atoms with van der Waals surface area (Å²) in [5, 5.41) is 12.2. The number of carbonyl (C=O) groups excluding carboxylic acids is 2. The highest BCUT2D eigenvalue weighted by Crippen LogP contribution is 2.27. The molecule has 1 aliphatic heterocycles. The Morgan fingerprint density at radius 3 is 2.65 bits per heavy atom. The number of aromatic nitrogens is 1. The van der Waals surface area contributed by atoms with Crippen LogP contribution >= 0.6 is 0 Å². The van der Waals surface area contributed by atoms with Crippen molar-refractivity contribution >= 4 is 23.2 Å². The fraction of sp³-hybridized carbons (Fsp3) is 0.200. The third kappa shape index (κ3) is 1.91. The van der Waals surface area contributed by atoms with Gasteiger partial charge in [-0.25, -0.2) is 4.79 Å². The zero-order chi connectivity index (χ0) is 16.7. The van der Waals surface area contributed by atoms with Gasteiger partial charge in [-0.15, -0.1) is 0 Å². The van der Waals surface area contributed by atoms with E-state index in [1.54, 1.807) is 24.4 Å². The molecule has 0 fully saturated rings. The first-order valence-electron chi connectivity index (χ1n) is 6.72. The third-order valence-corrected chi connectivity index (χ3v) is 3.72. The zero-order valence-corrected chi connectivity index (χ0v) is 12.8. The Labute approximate surface area is 131 Å². The van der Waals surface area contributed by atoms with Crippen molar-refractivity contribution < 1.29 is 19.2 Å². The van der Waals surface area contributed by atoms with Crippen LogP contribution in [0.15, 0.2) is 29.6 Å². The van der Waals surface area contributed by atoms with Gasteiger partial charge in [0.05, 0.1) is 29.3 Å². The molecule has 0 aliphatic carbocycles. The molecular formula is C15H14N4O4. The van der Waals surface area contributed by atoms with Crippen LogP contribution in [-0.2, 0) is 9.57 Å². The molecule has 0 saturated carbocycles. The molecule has 118 valence electrons. The lowest BCUT2D eigenvalue weighted by molar-refractivity contribution is 0.0602. The van der Waals surface area contributed by atoms with Gasteiger partial charge in [0.25, 0.3) is 5.91 Å². The Morgan fingerprint density at radius 1 is 1.26 bits per heavy atom. The van der Waals surface area contributed by atoms with Gasteiger partial charge < -0.3 is 14.0 Å². The standard InChI is InChI=1S/C15H14N4O4/c1-18-13(17-23-3)10-9(15(21)22-2)8-6-4-5-7-19(8)12(16)11(10)14(18)20/h4-7,16H,1-3H3/b16-12?,17-13-. The van der Waals surface area contributed by atoms with E-state index in [1.807, 2.05) is 0 Å². The lowest BCUT2D eigenvalue weighted by Crippen LogP contribution is -2.27. The first-order chi connectivity index (χ1) is 11.0. The van der Waals surface area contributed by atoms with Crippen molar-refractivity contribution in [3.8, 4) is 0 Å². The first-order valence-corrected chi connectivity index (χ1v) is 6.72. The fourth-order valence-electron chi connectivity index (χ4n) is 2.70. The van der Waals surface area contributed by atoms with E-state index in [2.05, 4.69) is 5.16 Å². The second-order valence-electron chi connectivity index (χ2n) is 4.88. The molecule has 0 unspecified atom stereocenters. The monoisotopic (exact) mass is 314 g/mol. The summed E-state index contributed by atoms with van der Waals surface area (Å²) in [6.45, 7) is 0. The number of hydrogen-bond acceptors (Lipinski definition) is 6. The van der Waals surface area contributed by atoms with Gasteiger partial charge in [0, 0.05) is 13.2 Å². The Morgan fingerprint density at radius 2 is 2.00 bits per heavy atom. The van der Waals surface area contributed by atoms with Crippen LogP contribution in [0.2, 0.25) is 0 Å². The van der Waals surface area contributed by atoms with Crippen LogP contribution < -0.4 is 5.49 Å². The predicted molar refractivity (Wildman–Crippen MR) is 80.2 cm³/mol. The molecular weight excluding hydrogens is 300 g/mol. The van der Waals surface area contributed by atoms with Crippen LogP contribution in [0.25, 0.3) is 5.52 Å². The number of rotatable bonds is 2. The van der Waals surface area contributed by atoms with E-state index >= 15 is 0 Å². The Kier molecular flexibility index (Phi) is 3.36.